The predicted molar refractivity (Wildman–Crippen MR) is 116 cm³/mol. The molecule has 0 spiro atoms. The number of aliphatic hydroxyl groups excluding tert-OH is 1. The molecular weight excluding hydrogens is 412 g/mol. The average molecular weight is 434 g/mol. The van der Waals surface area contributed by atoms with Crippen LogP contribution < -0.4 is 10.3 Å². The lowest BCUT2D eigenvalue weighted by Gasteiger charge is -2.13. The highest BCUT2D eigenvalue weighted by molar-refractivity contribution is 6.10. The van der Waals surface area contributed by atoms with Crippen molar-refractivity contribution < 1.29 is 24.2 Å². The molecule has 1 atom stereocenters. The van der Waals surface area contributed by atoms with Gasteiger partial charge in [-0.3, -0.25) is 14.4 Å². The van der Waals surface area contributed by atoms with Gasteiger partial charge in [0.2, 0.25) is 0 Å². The monoisotopic (exact) mass is 434 g/mol. The van der Waals surface area contributed by atoms with Gasteiger partial charge in [-0.1, -0.05) is 6.92 Å². The van der Waals surface area contributed by atoms with Gasteiger partial charge in [0.25, 0.3) is 5.56 Å². The number of aromatic nitrogens is 2. The zero-order valence-corrected chi connectivity index (χ0v) is 17.8. The number of hydrogen-bond acceptors (Lipinski definition) is 7. The van der Waals surface area contributed by atoms with E-state index in [1.165, 1.54) is 0 Å². The van der Waals surface area contributed by atoms with Crippen LogP contribution in [0.1, 0.15) is 59.3 Å². The first-order valence-electron chi connectivity index (χ1n) is 10.6. The Kier molecular flexibility index (Phi) is 4.82. The maximum Gasteiger partial charge on any atom is 0.309 e. The molecule has 3 aromatic rings. The second-order valence-electron chi connectivity index (χ2n) is 8.11. The molecule has 8 heteroatoms. The Bertz CT molecular complexity index is 1360. The van der Waals surface area contributed by atoms with E-state index in [-0.39, 0.29) is 36.5 Å². The minimum Gasteiger partial charge on any atom is -0.497 e. The van der Waals surface area contributed by atoms with Gasteiger partial charge < -0.3 is 19.1 Å². The van der Waals surface area contributed by atoms with Crippen LogP contribution in [-0.4, -0.2) is 33.5 Å². The summed E-state index contributed by atoms with van der Waals surface area (Å²) in [7, 11) is 1.57. The van der Waals surface area contributed by atoms with E-state index in [1.807, 2.05) is 6.92 Å². The summed E-state index contributed by atoms with van der Waals surface area (Å²) in [5.74, 6) is 0.0547. The van der Waals surface area contributed by atoms with E-state index in [4.69, 9.17) is 14.5 Å². The topological polar surface area (TPSA) is 108 Å². The molecule has 0 radical (unpaired) electrons. The Labute approximate surface area is 183 Å². The first kappa shape index (κ1) is 20.4. The van der Waals surface area contributed by atoms with Gasteiger partial charge in [0.05, 0.1) is 48.6 Å². The third-order valence-corrected chi connectivity index (χ3v) is 6.14. The Morgan fingerprint density at radius 2 is 2.09 bits per heavy atom. The van der Waals surface area contributed by atoms with Crippen LogP contribution in [0.3, 0.4) is 0 Å². The Morgan fingerprint density at radius 3 is 2.84 bits per heavy atom. The number of carbonyl (C=O) groups excluding carboxylic acids is 2. The summed E-state index contributed by atoms with van der Waals surface area (Å²) >= 11 is 0. The molecule has 0 fully saturated rings. The number of ether oxygens (including phenoxy) is 2. The standard InChI is InChI=1S/C24H22N2O6/c1-3-4-19(27)22-14-7-12(31-2)5-6-17(14)25-23-15(22)10-26-18(23)8-13-16(24(26)30)11-32-21(29)9-20(13)28/h5-8,20,28H,3-4,9-11H2,1-2H3. The molecule has 4 heterocycles. The summed E-state index contributed by atoms with van der Waals surface area (Å²) in [6.07, 6.45) is -0.277. The smallest absolute Gasteiger partial charge is 0.309 e. The second-order valence-corrected chi connectivity index (χ2v) is 8.11. The lowest BCUT2D eigenvalue weighted by molar-refractivity contribution is -0.146. The van der Waals surface area contributed by atoms with Crippen molar-refractivity contribution in [1.82, 2.24) is 9.55 Å². The molecule has 0 aliphatic carbocycles. The van der Waals surface area contributed by atoms with Gasteiger partial charge in [0.1, 0.15) is 12.4 Å². The molecule has 164 valence electrons. The molecule has 2 aliphatic heterocycles. The summed E-state index contributed by atoms with van der Waals surface area (Å²) in [5.41, 5.74) is 3.22. The van der Waals surface area contributed by atoms with Crippen LogP contribution in [0.25, 0.3) is 22.3 Å². The summed E-state index contributed by atoms with van der Waals surface area (Å²) in [6.45, 7) is 1.95. The van der Waals surface area contributed by atoms with Crippen LogP contribution >= 0.6 is 0 Å². The minimum absolute atomic E-state index is 0.0132. The van der Waals surface area contributed by atoms with E-state index in [1.54, 1.807) is 35.9 Å². The quantitative estimate of drug-likeness (QED) is 0.389. The maximum atomic E-state index is 13.3. The van der Waals surface area contributed by atoms with Crippen LogP contribution in [0.4, 0.5) is 0 Å². The molecule has 1 unspecified atom stereocenters. The number of benzene rings is 1. The van der Waals surface area contributed by atoms with E-state index >= 15 is 0 Å². The van der Waals surface area contributed by atoms with Crippen LogP contribution in [-0.2, 0) is 22.7 Å². The molecule has 2 aromatic heterocycles. The van der Waals surface area contributed by atoms with Crippen molar-refractivity contribution in [2.75, 3.05) is 7.11 Å². The van der Waals surface area contributed by atoms with Crippen LogP contribution in [0, 0.1) is 0 Å². The number of aliphatic hydroxyl groups is 1. The van der Waals surface area contributed by atoms with Crippen molar-refractivity contribution in [3.63, 3.8) is 0 Å². The zero-order chi connectivity index (χ0) is 22.6. The fraction of sp³-hybridized carbons (Fsp3) is 0.333. The van der Waals surface area contributed by atoms with Crippen LogP contribution in [0.2, 0.25) is 0 Å². The summed E-state index contributed by atoms with van der Waals surface area (Å²) in [6, 6.07) is 7.07. The lowest BCUT2D eigenvalue weighted by Crippen LogP contribution is -2.25. The van der Waals surface area contributed by atoms with Crippen LogP contribution in [0.5, 0.6) is 5.75 Å². The van der Waals surface area contributed by atoms with E-state index < -0.39 is 12.1 Å². The number of cyclic esters (lactones) is 1. The van der Waals surface area contributed by atoms with Crippen LogP contribution in [0.15, 0.2) is 29.1 Å². The fourth-order valence-corrected chi connectivity index (χ4v) is 4.59. The number of fused-ring (bicyclic) bond motifs is 5. The highest BCUT2D eigenvalue weighted by Crippen LogP contribution is 2.39. The molecule has 32 heavy (non-hydrogen) atoms. The molecule has 1 aromatic carbocycles. The largest absolute Gasteiger partial charge is 0.497 e. The lowest BCUT2D eigenvalue weighted by atomic mass is 9.94. The van der Waals surface area contributed by atoms with E-state index in [9.17, 15) is 19.5 Å². The zero-order valence-electron chi connectivity index (χ0n) is 17.8. The third kappa shape index (κ3) is 3.02. The molecule has 1 N–H and O–H groups in total. The van der Waals surface area contributed by atoms with E-state index in [0.29, 0.717) is 57.6 Å². The van der Waals surface area contributed by atoms with Gasteiger partial charge >= 0.3 is 5.97 Å². The first-order chi connectivity index (χ1) is 15.4. The SMILES string of the molecule is CCCC(=O)c1c2c(nc3ccc(OC)cc13)-c1cc3c(c(=O)n1C2)COC(=O)CC3O. The fourth-order valence-electron chi connectivity index (χ4n) is 4.59. The highest BCUT2D eigenvalue weighted by Gasteiger charge is 2.33. The minimum atomic E-state index is -1.13. The number of ketones is 1. The number of carbonyl (C=O) groups is 2. The molecular formula is C24H22N2O6. The number of rotatable bonds is 4. The van der Waals surface area contributed by atoms with Gasteiger partial charge in [-0.2, -0.15) is 0 Å². The number of esters is 1. The van der Waals surface area contributed by atoms with Crippen molar-refractivity contribution in [2.24, 2.45) is 0 Å². The normalized spacial score (nSPS) is 16.7. The third-order valence-electron chi connectivity index (χ3n) is 6.14. The summed E-state index contributed by atoms with van der Waals surface area (Å²) in [5, 5.41) is 11.2. The molecule has 5 rings (SSSR count). The van der Waals surface area contributed by atoms with Gasteiger partial charge in [-0.15, -0.1) is 0 Å². The van der Waals surface area contributed by atoms with Gasteiger partial charge in [0, 0.05) is 22.9 Å². The van der Waals surface area contributed by atoms with Crippen molar-refractivity contribution in [3.8, 4) is 17.1 Å². The summed E-state index contributed by atoms with van der Waals surface area (Å²) in [4.78, 5) is 43.0. The van der Waals surface area contributed by atoms with Gasteiger partial charge in [0.15, 0.2) is 5.78 Å². The Morgan fingerprint density at radius 1 is 1.28 bits per heavy atom. The number of nitrogens with zero attached hydrogens (tertiary/aromatic N) is 2. The maximum absolute atomic E-state index is 13.3. The van der Waals surface area contributed by atoms with Crippen molar-refractivity contribution in [2.45, 2.75) is 45.4 Å². The number of hydrogen-bond donors (Lipinski definition) is 1. The van der Waals surface area contributed by atoms with E-state index in [0.717, 1.165) is 0 Å². The molecule has 0 saturated carbocycles. The molecule has 0 saturated heterocycles. The average Bonchev–Trinajstić information content (AvgIpc) is 3.07. The van der Waals surface area contributed by atoms with Crippen molar-refractivity contribution >= 4 is 22.7 Å². The highest BCUT2D eigenvalue weighted by atomic mass is 16.5. The van der Waals surface area contributed by atoms with Crippen molar-refractivity contribution in [1.29, 1.82) is 0 Å². The second kappa shape index (κ2) is 7.56. The number of methoxy groups -OCH3 is 1. The van der Waals surface area contributed by atoms with Gasteiger partial charge in [-0.05, 0) is 36.2 Å². The Hall–Kier alpha value is -3.52. The van der Waals surface area contributed by atoms with E-state index in [2.05, 4.69) is 0 Å². The summed E-state index contributed by atoms with van der Waals surface area (Å²) < 4.78 is 12.0. The number of Topliss-reactive ketones (excluding diaryl/α,β-unsaturated/α-hetero) is 1. The number of pyridine rings is 2. The Balaban J connectivity index is 1.79. The first-order valence-corrected chi connectivity index (χ1v) is 10.6. The van der Waals surface area contributed by atoms with Crippen molar-refractivity contribution in [3.05, 3.63) is 56.9 Å². The molecule has 0 amide bonds. The predicted octanol–water partition coefficient (Wildman–Crippen LogP) is 2.90. The molecule has 0 bridgehead atoms. The van der Waals surface area contributed by atoms with Gasteiger partial charge in [-0.25, -0.2) is 4.98 Å². The molecule has 8 nitrogen and oxygen atoms in total. The molecule has 2 aliphatic rings.